The summed E-state index contributed by atoms with van der Waals surface area (Å²) >= 11 is 0. The van der Waals surface area contributed by atoms with Gasteiger partial charge in [-0.05, 0) is 24.3 Å². The van der Waals surface area contributed by atoms with E-state index in [9.17, 15) is 4.79 Å². The Balaban J connectivity index is 1.51. The molecule has 1 aromatic heterocycles. The van der Waals surface area contributed by atoms with Gasteiger partial charge in [0.25, 0.3) is 0 Å². The third kappa shape index (κ3) is 3.06. The van der Waals surface area contributed by atoms with Gasteiger partial charge in [-0.1, -0.05) is 0 Å². The Labute approximate surface area is 142 Å². The van der Waals surface area contributed by atoms with Crippen LogP contribution in [0.1, 0.15) is 0 Å². The van der Waals surface area contributed by atoms with E-state index in [1.807, 2.05) is 0 Å². The molecule has 0 radical (unpaired) electrons. The second-order valence-electron chi connectivity index (χ2n) is 6.28. The Bertz CT molecular complexity index is 923. The lowest BCUT2D eigenvalue weighted by molar-refractivity contribution is 0.263. The monoisotopic (exact) mass is 340 g/mol. The van der Waals surface area contributed by atoms with Gasteiger partial charge in [-0.25, -0.2) is 0 Å². The molecule has 0 bridgehead atoms. The average Bonchev–Trinajstić information content (AvgIpc) is 3.53. The molecule has 2 aliphatic heterocycles. The van der Waals surface area contributed by atoms with Crippen molar-refractivity contribution in [1.29, 1.82) is 0 Å². The Morgan fingerprint density at radius 2 is 1.32 bits per heavy atom. The third-order valence-electron chi connectivity index (χ3n) is 4.29. The summed E-state index contributed by atoms with van der Waals surface area (Å²) in [6, 6.07) is 10.5. The van der Waals surface area contributed by atoms with E-state index in [-0.39, 0.29) is 17.6 Å². The molecule has 2 atom stereocenters. The van der Waals surface area contributed by atoms with Crippen LogP contribution in [0.5, 0.6) is 11.5 Å². The lowest BCUT2D eigenvalue weighted by Crippen LogP contribution is -2.06. The molecule has 2 unspecified atom stereocenters. The van der Waals surface area contributed by atoms with Crippen molar-refractivity contribution in [2.45, 2.75) is 12.2 Å². The first kappa shape index (κ1) is 14.7. The summed E-state index contributed by atoms with van der Waals surface area (Å²) in [4.78, 5) is 12.7. The Hall–Kier alpha value is -2.57. The normalized spacial score (nSPS) is 21.4. The Morgan fingerprint density at radius 3 is 1.76 bits per heavy atom. The van der Waals surface area contributed by atoms with Gasteiger partial charge in [0, 0.05) is 12.1 Å². The van der Waals surface area contributed by atoms with Gasteiger partial charge in [-0.2, -0.15) is 0 Å². The van der Waals surface area contributed by atoms with Gasteiger partial charge in [0.05, 0.1) is 24.0 Å². The molecule has 2 aromatic carbocycles. The van der Waals surface area contributed by atoms with E-state index in [1.54, 1.807) is 36.4 Å². The maximum absolute atomic E-state index is 12.7. The largest absolute Gasteiger partial charge is 0.491 e. The summed E-state index contributed by atoms with van der Waals surface area (Å²) in [7, 11) is 0. The second kappa shape index (κ2) is 5.75. The number of benzene rings is 2. The van der Waals surface area contributed by atoms with Crippen LogP contribution in [-0.4, -0.2) is 38.6 Å². The first-order valence-corrected chi connectivity index (χ1v) is 8.26. The summed E-state index contributed by atoms with van der Waals surface area (Å²) < 4.78 is 27.5. The number of hydrogen-bond acceptors (Lipinski definition) is 6. The van der Waals surface area contributed by atoms with Gasteiger partial charge in [-0.3, -0.25) is 4.79 Å². The van der Waals surface area contributed by atoms with E-state index < -0.39 is 0 Å². The molecule has 25 heavy (non-hydrogen) atoms. The molecule has 2 saturated heterocycles. The van der Waals surface area contributed by atoms with E-state index in [4.69, 9.17) is 23.4 Å². The van der Waals surface area contributed by atoms with Crippen molar-refractivity contribution in [3.8, 4) is 11.5 Å². The summed E-state index contributed by atoms with van der Waals surface area (Å²) in [6.07, 6.45) is 0.351. The molecule has 0 saturated carbocycles. The minimum Gasteiger partial charge on any atom is -0.491 e. The zero-order chi connectivity index (χ0) is 16.8. The van der Waals surface area contributed by atoms with Crippen LogP contribution in [0.2, 0.25) is 0 Å². The first-order chi connectivity index (χ1) is 12.3. The average molecular weight is 340 g/mol. The van der Waals surface area contributed by atoms with Crippen LogP contribution in [-0.2, 0) is 9.47 Å². The van der Waals surface area contributed by atoms with Crippen LogP contribution in [0.4, 0.5) is 0 Å². The molecule has 2 fully saturated rings. The van der Waals surface area contributed by atoms with Crippen LogP contribution in [0.3, 0.4) is 0 Å². The molecule has 128 valence electrons. The van der Waals surface area contributed by atoms with Gasteiger partial charge in [0.1, 0.15) is 48.1 Å². The summed E-state index contributed by atoms with van der Waals surface area (Å²) in [5.74, 6) is 1.31. The third-order valence-corrected chi connectivity index (χ3v) is 4.29. The van der Waals surface area contributed by atoms with Gasteiger partial charge >= 0.3 is 0 Å². The SMILES string of the molecule is O=c1c2ccc(OCC3CO3)cc2oc2cc(OCC3CO3)ccc12. The van der Waals surface area contributed by atoms with E-state index in [1.165, 1.54) is 0 Å². The second-order valence-corrected chi connectivity index (χ2v) is 6.28. The fourth-order valence-electron chi connectivity index (χ4n) is 2.70. The lowest BCUT2D eigenvalue weighted by Gasteiger charge is -2.08. The van der Waals surface area contributed by atoms with Crippen LogP contribution in [0.15, 0.2) is 45.6 Å². The fraction of sp³-hybridized carbons (Fsp3) is 0.316. The quantitative estimate of drug-likeness (QED) is 0.507. The number of hydrogen-bond donors (Lipinski definition) is 0. The molecule has 3 heterocycles. The van der Waals surface area contributed by atoms with Crippen LogP contribution in [0, 0.1) is 0 Å². The molecule has 0 amide bonds. The first-order valence-electron chi connectivity index (χ1n) is 8.26. The van der Waals surface area contributed by atoms with E-state index in [0.29, 0.717) is 46.7 Å². The van der Waals surface area contributed by atoms with Gasteiger partial charge < -0.3 is 23.4 Å². The van der Waals surface area contributed by atoms with Gasteiger partial charge in [-0.15, -0.1) is 0 Å². The molecule has 5 rings (SSSR count). The molecular formula is C19H16O6. The predicted molar refractivity (Wildman–Crippen MR) is 90.5 cm³/mol. The molecule has 3 aromatic rings. The predicted octanol–water partition coefficient (Wildman–Crippen LogP) is 2.50. The lowest BCUT2D eigenvalue weighted by atomic mass is 10.1. The smallest absolute Gasteiger partial charge is 0.200 e. The number of epoxide rings is 2. The molecule has 0 aliphatic carbocycles. The molecule has 6 nitrogen and oxygen atoms in total. The molecule has 0 spiro atoms. The standard InChI is InChI=1S/C19H16O6/c20-19-15-3-1-11(21-7-13-9-23-13)5-17(15)25-18-6-12(2-4-16(18)19)22-8-14-10-24-14/h1-6,13-14H,7-10H2. The van der Waals surface area contributed by atoms with Crippen molar-refractivity contribution in [3.05, 3.63) is 46.6 Å². The summed E-state index contributed by atoms with van der Waals surface area (Å²) in [5.41, 5.74) is 0.925. The molecule has 2 aliphatic rings. The van der Waals surface area contributed by atoms with Crippen LogP contribution >= 0.6 is 0 Å². The molecule has 0 N–H and O–H groups in total. The minimum absolute atomic E-state index is 0.0644. The highest BCUT2D eigenvalue weighted by atomic mass is 16.6. The topological polar surface area (TPSA) is 73.7 Å². The van der Waals surface area contributed by atoms with Crippen molar-refractivity contribution < 1.29 is 23.4 Å². The zero-order valence-electron chi connectivity index (χ0n) is 13.4. The summed E-state index contributed by atoms with van der Waals surface area (Å²) in [6.45, 7) is 2.49. The van der Waals surface area contributed by atoms with E-state index in [0.717, 1.165) is 13.2 Å². The van der Waals surface area contributed by atoms with Crippen LogP contribution in [0.25, 0.3) is 21.9 Å². The Morgan fingerprint density at radius 1 is 0.840 bits per heavy atom. The highest BCUT2D eigenvalue weighted by Crippen LogP contribution is 2.26. The Kier molecular flexibility index (Phi) is 3.39. The maximum Gasteiger partial charge on any atom is 0.200 e. The molecular weight excluding hydrogens is 324 g/mol. The zero-order valence-corrected chi connectivity index (χ0v) is 13.4. The van der Waals surface area contributed by atoms with Crippen LogP contribution < -0.4 is 14.9 Å². The maximum atomic E-state index is 12.7. The van der Waals surface area contributed by atoms with Gasteiger partial charge in [0.2, 0.25) is 5.43 Å². The van der Waals surface area contributed by atoms with E-state index in [2.05, 4.69) is 0 Å². The van der Waals surface area contributed by atoms with Crippen molar-refractivity contribution >= 4 is 21.9 Å². The number of rotatable bonds is 6. The highest BCUT2D eigenvalue weighted by Gasteiger charge is 2.24. The van der Waals surface area contributed by atoms with Gasteiger partial charge in [0.15, 0.2) is 0 Å². The van der Waals surface area contributed by atoms with Crippen molar-refractivity contribution in [1.82, 2.24) is 0 Å². The molecule has 6 heteroatoms. The summed E-state index contributed by atoms with van der Waals surface area (Å²) in [5, 5.41) is 1.06. The minimum atomic E-state index is -0.0644. The number of ether oxygens (including phenoxy) is 4. The van der Waals surface area contributed by atoms with Crippen molar-refractivity contribution in [3.63, 3.8) is 0 Å². The van der Waals surface area contributed by atoms with Crippen molar-refractivity contribution in [2.24, 2.45) is 0 Å². The fourth-order valence-corrected chi connectivity index (χ4v) is 2.70. The number of fused-ring (bicyclic) bond motifs is 2. The highest BCUT2D eigenvalue weighted by molar-refractivity contribution is 5.90. The van der Waals surface area contributed by atoms with E-state index >= 15 is 0 Å². The van der Waals surface area contributed by atoms with Crippen molar-refractivity contribution in [2.75, 3.05) is 26.4 Å².